The predicted octanol–water partition coefficient (Wildman–Crippen LogP) is 6.85. The quantitative estimate of drug-likeness (QED) is 0.127. The Morgan fingerprint density at radius 3 is 2.12 bits per heavy atom. The molecule has 0 saturated carbocycles. The van der Waals surface area contributed by atoms with E-state index in [1.165, 1.54) is 30.4 Å². The summed E-state index contributed by atoms with van der Waals surface area (Å²) in [5.74, 6) is 0.367. The van der Waals surface area contributed by atoms with E-state index in [-0.39, 0.29) is 22.4 Å². The second-order valence-electron chi connectivity index (χ2n) is 13.4. The number of sulfone groups is 1. The highest BCUT2D eigenvalue weighted by atomic mass is 32.2. The Balaban J connectivity index is 1.21. The number of aryl methyl sites for hydroxylation is 2. The molecule has 0 unspecified atom stereocenters. The van der Waals surface area contributed by atoms with Crippen LogP contribution in [0.5, 0.6) is 5.75 Å². The molecule has 1 heterocycles. The molecule has 0 fully saturated rings. The molecule has 0 aliphatic heterocycles. The minimum atomic E-state index is -3.73. The van der Waals surface area contributed by atoms with Crippen LogP contribution in [-0.4, -0.2) is 41.4 Å². The molecule has 0 aliphatic carbocycles. The second-order valence-corrected chi connectivity index (χ2v) is 15.4. The lowest BCUT2D eigenvalue weighted by Gasteiger charge is -2.19. The van der Waals surface area contributed by atoms with Gasteiger partial charge in [0.15, 0.2) is 15.6 Å². The number of hydrogen-bond acceptors (Lipinski definition) is 6. The van der Waals surface area contributed by atoms with E-state index in [2.05, 4.69) is 57.2 Å². The molecule has 0 bridgehead atoms. The lowest BCUT2D eigenvalue weighted by molar-refractivity contribution is -0.116. The first-order chi connectivity index (χ1) is 23.4. The highest BCUT2D eigenvalue weighted by Crippen LogP contribution is 2.28. The molecule has 0 aliphatic rings. The molecule has 1 aromatic heterocycles. The first-order valence-corrected chi connectivity index (χ1v) is 18.3. The molecule has 0 spiro atoms. The SMILES string of the molecule is CCn1c(CCCc2ccc(-c3ccc(OC)c(CC(=O)CS(=O)(=O)c4ccccc4)c3)cc2)nn(Cc2ccc(C(C)(C)C)cc2)c1=O. The van der Waals surface area contributed by atoms with E-state index >= 15 is 0 Å². The van der Waals surface area contributed by atoms with Crippen molar-refractivity contribution >= 4 is 15.6 Å². The number of Topliss-reactive ketones (excluding diaryl/α,β-unsaturated/α-hetero) is 1. The van der Waals surface area contributed by atoms with Gasteiger partial charge in [0.1, 0.15) is 17.3 Å². The first kappa shape index (κ1) is 35.5. The van der Waals surface area contributed by atoms with Gasteiger partial charge < -0.3 is 4.74 Å². The smallest absolute Gasteiger partial charge is 0.346 e. The largest absolute Gasteiger partial charge is 0.496 e. The van der Waals surface area contributed by atoms with Crippen LogP contribution in [0.4, 0.5) is 0 Å². The molecule has 256 valence electrons. The van der Waals surface area contributed by atoms with Crippen molar-refractivity contribution < 1.29 is 17.9 Å². The van der Waals surface area contributed by atoms with E-state index in [0.717, 1.165) is 35.4 Å². The van der Waals surface area contributed by atoms with Gasteiger partial charge in [0.05, 0.1) is 18.6 Å². The Morgan fingerprint density at radius 1 is 0.837 bits per heavy atom. The number of ketones is 1. The molecule has 8 nitrogen and oxygen atoms in total. The first-order valence-electron chi connectivity index (χ1n) is 16.7. The van der Waals surface area contributed by atoms with Gasteiger partial charge in [-0.05, 0) is 77.3 Å². The number of methoxy groups -OCH3 is 1. The molecular formula is C40H45N3O5S. The minimum absolute atomic E-state index is 0.0523. The van der Waals surface area contributed by atoms with Crippen LogP contribution in [0.2, 0.25) is 0 Å². The summed E-state index contributed by atoms with van der Waals surface area (Å²) < 4.78 is 34.3. The fraction of sp³-hybridized carbons (Fsp3) is 0.325. The third kappa shape index (κ3) is 8.83. The molecule has 5 aromatic rings. The van der Waals surface area contributed by atoms with E-state index in [0.29, 0.717) is 30.8 Å². The lowest BCUT2D eigenvalue weighted by Crippen LogP contribution is -2.25. The van der Waals surface area contributed by atoms with Crippen molar-refractivity contribution in [2.24, 2.45) is 0 Å². The summed E-state index contributed by atoms with van der Waals surface area (Å²) in [6, 6.07) is 30.3. The maximum atomic E-state index is 13.1. The van der Waals surface area contributed by atoms with Gasteiger partial charge in [0.2, 0.25) is 0 Å². The molecule has 0 atom stereocenters. The van der Waals surface area contributed by atoms with Crippen LogP contribution in [-0.2, 0) is 52.4 Å². The minimum Gasteiger partial charge on any atom is -0.496 e. The van der Waals surface area contributed by atoms with Gasteiger partial charge in [-0.2, -0.15) is 5.10 Å². The van der Waals surface area contributed by atoms with Gasteiger partial charge >= 0.3 is 5.69 Å². The zero-order chi connectivity index (χ0) is 35.2. The normalized spacial score (nSPS) is 11.9. The summed E-state index contributed by atoms with van der Waals surface area (Å²) in [5, 5.41) is 4.71. The highest BCUT2D eigenvalue weighted by Gasteiger charge is 2.21. The van der Waals surface area contributed by atoms with Crippen LogP contribution in [0.25, 0.3) is 11.1 Å². The zero-order valence-corrected chi connectivity index (χ0v) is 29.8. The maximum absolute atomic E-state index is 13.1. The van der Waals surface area contributed by atoms with Gasteiger partial charge in [0.25, 0.3) is 0 Å². The van der Waals surface area contributed by atoms with Crippen molar-refractivity contribution in [1.29, 1.82) is 0 Å². The summed E-state index contributed by atoms with van der Waals surface area (Å²) in [7, 11) is -2.19. The van der Waals surface area contributed by atoms with Gasteiger partial charge in [0, 0.05) is 24.9 Å². The fourth-order valence-electron chi connectivity index (χ4n) is 5.97. The molecule has 0 amide bonds. The molecule has 49 heavy (non-hydrogen) atoms. The summed E-state index contributed by atoms with van der Waals surface area (Å²) in [6.45, 7) is 9.55. The van der Waals surface area contributed by atoms with Crippen LogP contribution in [0.1, 0.15) is 62.2 Å². The Kier molecular flexibility index (Phi) is 11.0. The molecule has 0 saturated heterocycles. The van der Waals surface area contributed by atoms with E-state index in [4.69, 9.17) is 9.84 Å². The Bertz CT molecular complexity index is 2060. The number of nitrogens with zero attached hydrogens (tertiary/aromatic N) is 3. The average Bonchev–Trinajstić information content (AvgIpc) is 3.38. The number of rotatable bonds is 14. The lowest BCUT2D eigenvalue weighted by atomic mass is 9.87. The van der Waals surface area contributed by atoms with E-state index < -0.39 is 21.4 Å². The van der Waals surface area contributed by atoms with Gasteiger partial charge in [-0.1, -0.05) is 93.6 Å². The van der Waals surface area contributed by atoms with Crippen LogP contribution in [0.3, 0.4) is 0 Å². The van der Waals surface area contributed by atoms with Crippen LogP contribution >= 0.6 is 0 Å². The average molecular weight is 680 g/mol. The summed E-state index contributed by atoms with van der Waals surface area (Å²) >= 11 is 0. The van der Waals surface area contributed by atoms with Crippen molar-refractivity contribution in [2.75, 3.05) is 12.9 Å². The number of hydrogen-bond donors (Lipinski definition) is 0. The predicted molar refractivity (Wildman–Crippen MR) is 194 cm³/mol. The summed E-state index contributed by atoms with van der Waals surface area (Å²) in [4.78, 5) is 26.1. The van der Waals surface area contributed by atoms with Crippen molar-refractivity contribution in [3.63, 3.8) is 0 Å². The van der Waals surface area contributed by atoms with Crippen LogP contribution in [0.15, 0.2) is 107 Å². The number of carbonyl (C=O) groups excluding carboxylic acids is 1. The monoisotopic (exact) mass is 679 g/mol. The van der Waals surface area contributed by atoms with Gasteiger partial charge in [-0.3, -0.25) is 9.36 Å². The van der Waals surface area contributed by atoms with Crippen molar-refractivity contribution in [3.8, 4) is 16.9 Å². The number of aromatic nitrogens is 3. The number of benzene rings is 4. The second kappa shape index (κ2) is 15.2. The van der Waals surface area contributed by atoms with Crippen molar-refractivity contribution in [3.05, 3.63) is 136 Å². The van der Waals surface area contributed by atoms with Gasteiger partial charge in [-0.15, -0.1) is 0 Å². The zero-order valence-electron chi connectivity index (χ0n) is 29.0. The standard InChI is InChI=1S/C40H45N3O5S/c1-6-42-38(41-43(39(42)45)27-30-17-22-34(23-18-30)40(2,3)4)14-10-11-29-15-19-31(20-16-29)32-21-24-37(48-5)33(25-32)26-35(44)28-49(46,47)36-12-8-7-9-13-36/h7-9,12-13,15-25H,6,10-11,14,26-28H2,1-5H3. The van der Waals surface area contributed by atoms with E-state index in [9.17, 15) is 18.0 Å². The summed E-state index contributed by atoms with van der Waals surface area (Å²) in [6.07, 6.45) is 2.31. The molecular weight excluding hydrogens is 635 g/mol. The van der Waals surface area contributed by atoms with Crippen LogP contribution in [0, 0.1) is 0 Å². The fourth-order valence-corrected chi connectivity index (χ4v) is 7.24. The van der Waals surface area contributed by atoms with Crippen LogP contribution < -0.4 is 10.4 Å². The van der Waals surface area contributed by atoms with E-state index in [1.54, 1.807) is 27.4 Å². The molecule has 5 rings (SSSR count). The third-order valence-electron chi connectivity index (χ3n) is 8.74. The van der Waals surface area contributed by atoms with Crippen molar-refractivity contribution in [2.45, 2.75) is 76.8 Å². The summed E-state index contributed by atoms with van der Waals surface area (Å²) in [5.41, 5.74) is 5.99. The Morgan fingerprint density at radius 2 is 1.49 bits per heavy atom. The topological polar surface area (TPSA) is 100 Å². The highest BCUT2D eigenvalue weighted by molar-refractivity contribution is 7.92. The molecule has 0 N–H and O–H groups in total. The number of ether oxygens (including phenoxy) is 1. The Labute approximate surface area is 289 Å². The number of carbonyl (C=O) groups is 1. The Hall–Kier alpha value is -4.76. The van der Waals surface area contributed by atoms with Gasteiger partial charge in [-0.25, -0.2) is 17.9 Å². The van der Waals surface area contributed by atoms with Crippen molar-refractivity contribution in [1.82, 2.24) is 14.3 Å². The van der Waals surface area contributed by atoms with E-state index in [1.807, 2.05) is 37.3 Å². The maximum Gasteiger partial charge on any atom is 0.346 e. The third-order valence-corrected chi connectivity index (χ3v) is 10.4. The molecule has 0 radical (unpaired) electrons. The molecule has 4 aromatic carbocycles. The molecule has 9 heteroatoms.